The van der Waals surface area contributed by atoms with E-state index >= 15 is 0 Å². The minimum Gasteiger partial charge on any atom is -0.451 e. The van der Waals surface area contributed by atoms with Crippen LogP contribution in [-0.2, 0) is 9.53 Å². The number of benzene rings is 2. The summed E-state index contributed by atoms with van der Waals surface area (Å²) in [5, 5.41) is 3.66. The molecule has 4 nitrogen and oxygen atoms in total. The van der Waals surface area contributed by atoms with Crippen LogP contribution in [0.2, 0.25) is 0 Å². The maximum Gasteiger partial charge on any atom is 0.348 e. The van der Waals surface area contributed by atoms with Gasteiger partial charge in [-0.25, -0.2) is 4.79 Å². The molecule has 1 heterocycles. The predicted octanol–water partition coefficient (Wildman–Crippen LogP) is 3.70. The van der Waals surface area contributed by atoms with Crippen molar-refractivity contribution in [3.05, 3.63) is 65.5 Å². The van der Waals surface area contributed by atoms with Crippen LogP contribution in [0.15, 0.2) is 60.7 Å². The number of hydrogen-bond acceptors (Lipinski definition) is 4. The largest absolute Gasteiger partial charge is 0.451 e. The summed E-state index contributed by atoms with van der Waals surface area (Å²) in [6, 6.07) is 18.5. The van der Waals surface area contributed by atoms with Crippen LogP contribution in [0.5, 0.6) is 0 Å². The van der Waals surface area contributed by atoms with Gasteiger partial charge in [0.15, 0.2) is 6.61 Å². The number of carbonyl (C=O) groups excluding carboxylic acids is 2. The lowest BCUT2D eigenvalue weighted by Gasteiger charge is -2.05. The summed E-state index contributed by atoms with van der Waals surface area (Å²) in [5.74, 6) is -0.843. The Kier molecular flexibility index (Phi) is 4.16. The Morgan fingerprint density at radius 3 is 2.50 bits per heavy atom. The van der Waals surface area contributed by atoms with Crippen LogP contribution in [0.3, 0.4) is 0 Å². The molecule has 0 spiro atoms. The van der Waals surface area contributed by atoms with Crippen LogP contribution in [0.4, 0.5) is 5.69 Å². The number of hydrogen-bond donors (Lipinski definition) is 1. The van der Waals surface area contributed by atoms with Crippen molar-refractivity contribution in [3.63, 3.8) is 0 Å². The highest BCUT2D eigenvalue weighted by molar-refractivity contribution is 7.20. The third kappa shape index (κ3) is 3.32. The predicted molar refractivity (Wildman–Crippen MR) is 87.2 cm³/mol. The molecule has 0 saturated heterocycles. The Morgan fingerprint density at radius 2 is 1.73 bits per heavy atom. The van der Waals surface area contributed by atoms with E-state index in [-0.39, 0.29) is 12.5 Å². The number of para-hydroxylation sites is 1. The first-order chi connectivity index (χ1) is 10.7. The average molecular weight is 311 g/mol. The summed E-state index contributed by atoms with van der Waals surface area (Å²) in [6.07, 6.45) is 0. The van der Waals surface area contributed by atoms with E-state index in [4.69, 9.17) is 4.74 Å². The van der Waals surface area contributed by atoms with Gasteiger partial charge in [-0.2, -0.15) is 0 Å². The summed E-state index contributed by atoms with van der Waals surface area (Å²) in [4.78, 5) is 24.2. The fourth-order valence-corrected chi connectivity index (χ4v) is 2.96. The zero-order chi connectivity index (χ0) is 15.4. The molecule has 3 rings (SSSR count). The molecule has 22 heavy (non-hydrogen) atoms. The summed E-state index contributed by atoms with van der Waals surface area (Å²) in [5.41, 5.74) is 0.672. The van der Waals surface area contributed by atoms with Gasteiger partial charge in [0.05, 0.1) is 0 Å². The lowest BCUT2D eigenvalue weighted by atomic mass is 10.2. The van der Waals surface area contributed by atoms with Gasteiger partial charge in [0.1, 0.15) is 4.88 Å². The molecule has 0 radical (unpaired) electrons. The number of thiophene rings is 1. The minimum atomic E-state index is -0.482. The van der Waals surface area contributed by atoms with Crippen molar-refractivity contribution in [2.24, 2.45) is 0 Å². The van der Waals surface area contributed by atoms with Crippen molar-refractivity contribution in [2.45, 2.75) is 0 Å². The minimum absolute atomic E-state index is 0.304. The van der Waals surface area contributed by atoms with E-state index in [0.717, 1.165) is 10.1 Å². The summed E-state index contributed by atoms with van der Waals surface area (Å²) in [7, 11) is 0. The highest BCUT2D eigenvalue weighted by atomic mass is 32.1. The second kappa shape index (κ2) is 6.41. The summed E-state index contributed by atoms with van der Waals surface area (Å²) < 4.78 is 6.07. The van der Waals surface area contributed by atoms with Crippen molar-refractivity contribution in [1.82, 2.24) is 0 Å². The molecule has 0 bridgehead atoms. The van der Waals surface area contributed by atoms with Crippen molar-refractivity contribution in [3.8, 4) is 0 Å². The normalized spacial score (nSPS) is 10.4. The standard InChI is InChI=1S/C17H13NO3S/c19-16(18-13-7-2-1-3-8-13)11-21-17(20)15-10-12-6-4-5-9-14(12)22-15/h1-10H,11H2,(H,18,19). The molecule has 0 saturated carbocycles. The highest BCUT2D eigenvalue weighted by Crippen LogP contribution is 2.25. The maximum absolute atomic E-state index is 12.0. The zero-order valence-electron chi connectivity index (χ0n) is 11.6. The monoisotopic (exact) mass is 311 g/mol. The SMILES string of the molecule is O=C(COC(=O)c1cc2ccccc2s1)Nc1ccccc1. The molecule has 0 aliphatic heterocycles. The molecule has 0 aliphatic rings. The third-order valence-corrected chi connectivity index (χ3v) is 4.11. The first-order valence-electron chi connectivity index (χ1n) is 6.73. The Hall–Kier alpha value is -2.66. The van der Waals surface area contributed by atoms with E-state index < -0.39 is 5.97 Å². The lowest BCUT2D eigenvalue weighted by molar-refractivity contribution is -0.119. The van der Waals surface area contributed by atoms with Crippen LogP contribution in [-0.4, -0.2) is 18.5 Å². The lowest BCUT2D eigenvalue weighted by Crippen LogP contribution is -2.20. The van der Waals surface area contributed by atoms with Crippen LogP contribution in [0.25, 0.3) is 10.1 Å². The number of fused-ring (bicyclic) bond motifs is 1. The quantitative estimate of drug-likeness (QED) is 0.748. The van der Waals surface area contributed by atoms with Gasteiger partial charge in [0, 0.05) is 10.4 Å². The number of anilines is 1. The Labute approximate surface area is 131 Å². The van der Waals surface area contributed by atoms with Gasteiger partial charge in [0.25, 0.3) is 5.91 Å². The van der Waals surface area contributed by atoms with Gasteiger partial charge >= 0.3 is 5.97 Å². The third-order valence-electron chi connectivity index (χ3n) is 3.02. The fraction of sp³-hybridized carbons (Fsp3) is 0.0588. The summed E-state index contributed by atoms with van der Waals surface area (Å²) >= 11 is 1.35. The van der Waals surface area contributed by atoms with Gasteiger partial charge in [0.2, 0.25) is 0 Å². The molecule has 0 unspecified atom stereocenters. The molecular formula is C17H13NO3S. The molecule has 0 atom stereocenters. The molecule has 2 aromatic carbocycles. The fourth-order valence-electron chi connectivity index (χ4n) is 2.00. The number of carbonyl (C=O) groups is 2. The van der Waals surface area contributed by atoms with Crippen molar-refractivity contribution >= 4 is 39.0 Å². The number of ether oxygens (including phenoxy) is 1. The number of amides is 1. The topological polar surface area (TPSA) is 55.4 Å². The van der Waals surface area contributed by atoms with E-state index in [9.17, 15) is 9.59 Å². The Balaban J connectivity index is 1.59. The zero-order valence-corrected chi connectivity index (χ0v) is 12.4. The van der Waals surface area contributed by atoms with Crippen LogP contribution in [0.1, 0.15) is 9.67 Å². The van der Waals surface area contributed by atoms with E-state index in [2.05, 4.69) is 5.32 Å². The molecular weight excluding hydrogens is 298 g/mol. The first-order valence-corrected chi connectivity index (χ1v) is 7.54. The van der Waals surface area contributed by atoms with Crippen LogP contribution >= 0.6 is 11.3 Å². The van der Waals surface area contributed by atoms with Crippen molar-refractivity contribution in [1.29, 1.82) is 0 Å². The molecule has 0 aliphatic carbocycles. The van der Waals surface area contributed by atoms with Gasteiger partial charge in [-0.3, -0.25) is 4.79 Å². The van der Waals surface area contributed by atoms with Gasteiger partial charge in [-0.1, -0.05) is 36.4 Å². The molecule has 1 aromatic heterocycles. The number of nitrogens with one attached hydrogen (secondary N) is 1. The second-order valence-electron chi connectivity index (χ2n) is 4.64. The molecule has 5 heteroatoms. The highest BCUT2D eigenvalue weighted by Gasteiger charge is 2.13. The Bertz CT molecular complexity index is 778. The van der Waals surface area contributed by atoms with E-state index in [1.54, 1.807) is 18.2 Å². The van der Waals surface area contributed by atoms with E-state index in [1.165, 1.54) is 11.3 Å². The van der Waals surface area contributed by atoms with E-state index in [0.29, 0.717) is 10.6 Å². The molecule has 3 aromatic rings. The van der Waals surface area contributed by atoms with Crippen LogP contribution in [0, 0.1) is 0 Å². The molecule has 0 fully saturated rings. The van der Waals surface area contributed by atoms with Gasteiger partial charge in [-0.15, -0.1) is 11.3 Å². The molecule has 1 amide bonds. The second-order valence-corrected chi connectivity index (χ2v) is 5.72. The number of esters is 1. The first kappa shape index (κ1) is 14.3. The molecule has 110 valence electrons. The Morgan fingerprint density at radius 1 is 1.00 bits per heavy atom. The van der Waals surface area contributed by atoms with Gasteiger partial charge in [-0.05, 0) is 29.7 Å². The van der Waals surface area contributed by atoms with E-state index in [1.807, 2.05) is 42.5 Å². The number of rotatable bonds is 4. The smallest absolute Gasteiger partial charge is 0.348 e. The van der Waals surface area contributed by atoms with Crippen molar-refractivity contribution < 1.29 is 14.3 Å². The summed E-state index contributed by atoms with van der Waals surface area (Å²) in [6.45, 7) is -0.304. The average Bonchev–Trinajstić information content (AvgIpc) is 2.98. The van der Waals surface area contributed by atoms with Gasteiger partial charge < -0.3 is 10.1 Å². The van der Waals surface area contributed by atoms with Crippen LogP contribution < -0.4 is 5.32 Å². The van der Waals surface area contributed by atoms with Crippen molar-refractivity contribution in [2.75, 3.05) is 11.9 Å². The molecule has 1 N–H and O–H groups in total. The maximum atomic E-state index is 12.0.